The summed E-state index contributed by atoms with van der Waals surface area (Å²) in [5.74, 6) is -0.712. The molecule has 4 aromatic rings. The van der Waals surface area contributed by atoms with E-state index < -0.39 is 11.6 Å². The van der Waals surface area contributed by atoms with Crippen LogP contribution < -0.4 is 14.8 Å². The molecule has 46 heavy (non-hydrogen) atoms. The van der Waals surface area contributed by atoms with Gasteiger partial charge in [0.15, 0.2) is 0 Å². The van der Waals surface area contributed by atoms with Crippen molar-refractivity contribution in [1.82, 2.24) is 14.8 Å². The number of fused-ring (bicyclic) bond motifs is 1. The summed E-state index contributed by atoms with van der Waals surface area (Å²) in [5.41, 5.74) is 2.52. The van der Waals surface area contributed by atoms with Gasteiger partial charge in [0.25, 0.3) is 11.8 Å². The highest BCUT2D eigenvalue weighted by Gasteiger charge is 2.48. The van der Waals surface area contributed by atoms with Crippen LogP contribution in [-0.2, 0) is 17.8 Å². The Labute approximate surface area is 264 Å². The number of amides is 2. The minimum atomic E-state index is -0.762. The van der Waals surface area contributed by atoms with E-state index >= 15 is 0 Å². The van der Waals surface area contributed by atoms with Crippen LogP contribution in [0.3, 0.4) is 0 Å². The van der Waals surface area contributed by atoms with Crippen molar-refractivity contribution in [2.75, 3.05) is 39.2 Å². The van der Waals surface area contributed by atoms with Crippen LogP contribution in [0.5, 0.6) is 11.5 Å². The van der Waals surface area contributed by atoms with E-state index in [1.165, 1.54) is 24.3 Å². The lowest BCUT2D eigenvalue weighted by atomic mass is 10.1. The highest BCUT2D eigenvalue weighted by Crippen LogP contribution is 2.42. The third-order valence-corrected chi connectivity index (χ3v) is 8.76. The fraction of sp³-hybridized carbons (Fsp3) is 0.286. The summed E-state index contributed by atoms with van der Waals surface area (Å²) >= 11 is 0. The first-order valence-electron chi connectivity index (χ1n) is 15.1. The molecule has 0 bridgehead atoms. The average molecular weight is 627 g/mol. The van der Waals surface area contributed by atoms with Crippen molar-refractivity contribution < 1.29 is 32.6 Å². The van der Waals surface area contributed by atoms with Gasteiger partial charge >= 0.3 is 0 Å². The van der Waals surface area contributed by atoms with Gasteiger partial charge in [0.2, 0.25) is 0 Å². The Hall–Kier alpha value is -5.03. The molecule has 7 rings (SSSR count). The van der Waals surface area contributed by atoms with Crippen LogP contribution >= 0.6 is 0 Å². The van der Waals surface area contributed by atoms with E-state index in [2.05, 4.69) is 10.3 Å². The zero-order valence-corrected chi connectivity index (χ0v) is 25.4. The SMILES string of the molecule is COc1ccc(CN2Cc3nc(-c4c(F)cccc4F)cc(Nc4ccc(C(=O)N5CCOC6(CC6)C5)cc4)c3C2=O)c(OC)c1. The fourth-order valence-corrected chi connectivity index (χ4v) is 6.14. The third-order valence-electron chi connectivity index (χ3n) is 8.76. The first-order chi connectivity index (χ1) is 22.3. The van der Waals surface area contributed by atoms with E-state index in [0.717, 1.165) is 18.4 Å². The molecular weight excluding hydrogens is 594 g/mol. The molecule has 3 aliphatic rings. The molecule has 236 valence electrons. The number of anilines is 2. The zero-order chi connectivity index (χ0) is 32.0. The molecular formula is C35H32F2N4O5. The summed E-state index contributed by atoms with van der Waals surface area (Å²) in [6, 6.07) is 17.4. The Bertz CT molecular complexity index is 1820. The maximum Gasteiger partial charge on any atom is 0.258 e. The molecule has 1 spiro atoms. The highest BCUT2D eigenvalue weighted by atomic mass is 19.1. The molecule has 3 aromatic carbocycles. The van der Waals surface area contributed by atoms with Crippen molar-refractivity contribution in [3.63, 3.8) is 0 Å². The van der Waals surface area contributed by atoms with Crippen molar-refractivity contribution >= 4 is 23.2 Å². The summed E-state index contributed by atoms with van der Waals surface area (Å²) < 4.78 is 46.5. The molecule has 11 heteroatoms. The third kappa shape index (κ3) is 5.51. The Morgan fingerprint density at radius 1 is 1.00 bits per heavy atom. The van der Waals surface area contributed by atoms with E-state index in [-0.39, 0.29) is 41.8 Å². The predicted molar refractivity (Wildman–Crippen MR) is 166 cm³/mol. The van der Waals surface area contributed by atoms with Gasteiger partial charge in [-0.25, -0.2) is 13.8 Å². The number of carbonyl (C=O) groups is 2. The van der Waals surface area contributed by atoms with E-state index in [1.807, 2.05) is 11.0 Å². The van der Waals surface area contributed by atoms with E-state index in [0.29, 0.717) is 59.4 Å². The minimum absolute atomic E-state index is 0.0571. The number of nitrogens with one attached hydrogen (secondary N) is 1. The van der Waals surface area contributed by atoms with Crippen LogP contribution in [0.2, 0.25) is 0 Å². The summed E-state index contributed by atoms with van der Waals surface area (Å²) in [7, 11) is 3.10. The smallest absolute Gasteiger partial charge is 0.258 e. The number of nitrogens with zero attached hydrogens (tertiary/aromatic N) is 3. The molecule has 2 fully saturated rings. The molecule has 1 aliphatic carbocycles. The number of benzene rings is 3. The summed E-state index contributed by atoms with van der Waals surface area (Å²) in [5, 5.41) is 3.26. The maximum absolute atomic E-state index is 14.9. The molecule has 0 radical (unpaired) electrons. The van der Waals surface area contributed by atoms with Crippen molar-refractivity contribution in [2.24, 2.45) is 0 Å². The number of morpholine rings is 1. The predicted octanol–water partition coefficient (Wildman–Crippen LogP) is 5.95. The largest absolute Gasteiger partial charge is 0.497 e. The van der Waals surface area contributed by atoms with Gasteiger partial charge in [-0.2, -0.15) is 0 Å². The number of pyridine rings is 1. The highest BCUT2D eigenvalue weighted by molar-refractivity contribution is 6.04. The van der Waals surface area contributed by atoms with E-state index in [1.54, 1.807) is 55.5 Å². The molecule has 1 aromatic heterocycles. The number of hydrogen-bond donors (Lipinski definition) is 1. The van der Waals surface area contributed by atoms with Gasteiger partial charge in [0.1, 0.15) is 23.1 Å². The Kier molecular flexibility index (Phi) is 7.56. The van der Waals surface area contributed by atoms with Crippen LogP contribution in [-0.4, -0.2) is 66.1 Å². The second kappa shape index (κ2) is 11.7. The molecule has 3 heterocycles. The van der Waals surface area contributed by atoms with Gasteiger partial charge in [0, 0.05) is 29.4 Å². The van der Waals surface area contributed by atoms with Crippen molar-refractivity contribution in [3.05, 3.63) is 101 Å². The molecule has 9 nitrogen and oxygen atoms in total. The quantitative estimate of drug-likeness (QED) is 0.259. The lowest BCUT2D eigenvalue weighted by Gasteiger charge is -2.33. The number of ether oxygens (including phenoxy) is 3. The van der Waals surface area contributed by atoms with Crippen LogP contribution in [0.1, 0.15) is 44.8 Å². The van der Waals surface area contributed by atoms with E-state index in [4.69, 9.17) is 14.2 Å². The Balaban J connectivity index is 1.20. The van der Waals surface area contributed by atoms with Gasteiger partial charge in [-0.3, -0.25) is 9.59 Å². The summed E-state index contributed by atoms with van der Waals surface area (Å²) in [6.07, 6.45) is 1.94. The molecule has 1 N–H and O–H groups in total. The second-order valence-electron chi connectivity index (χ2n) is 11.8. The van der Waals surface area contributed by atoms with Crippen molar-refractivity contribution in [2.45, 2.75) is 31.5 Å². The monoisotopic (exact) mass is 626 g/mol. The van der Waals surface area contributed by atoms with Gasteiger partial charge in [-0.05, 0) is 67.4 Å². The first-order valence-corrected chi connectivity index (χ1v) is 15.1. The standard InChI is InChI=1S/C35H32F2N4O5/c1-44-24-11-8-22(30(16-24)45-2)18-41-19-29-32(34(41)43)28(17-27(39-29)31-25(36)4-3-5-26(31)37)38-23-9-6-21(7-10-23)33(42)40-14-15-46-35(20-40)12-13-35/h3-11,16-17H,12-15,18-20H2,1-2H3,(H,38,39). The fourth-order valence-electron chi connectivity index (χ4n) is 6.14. The lowest BCUT2D eigenvalue weighted by Crippen LogP contribution is -2.46. The van der Waals surface area contributed by atoms with Crippen LogP contribution in [0, 0.1) is 11.6 Å². The van der Waals surface area contributed by atoms with Crippen LogP contribution in [0.25, 0.3) is 11.3 Å². The van der Waals surface area contributed by atoms with Crippen LogP contribution in [0.4, 0.5) is 20.2 Å². The van der Waals surface area contributed by atoms with Gasteiger partial charge in [-0.1, -0.05) is 6.07 Å². The van der Waals surface area contributed by atoms with E-state index in [9.17, 15) is 18.4 Å². The van der Waals surface area contributed by atoms with Gasteiger partial charge in [0.05, 0.1) is 74.3 Å². The topological polar surface area (TPSA) is 93.2 Å². The molecule has 1 saturated carbocycles. The number of methoxy groups -OCH3 is 2. The zero-order valence-electron chi connectivity index (χ0n) is 25.4. The number of rotatable bonds is 8. The normalized spacial score (nSPS) is 16.4. The summed E-state index contributed by atoms with van der Waals surface area (Å²) in [4.78, 5) is 35.1. The van der Waals surface area contributed by atoms with Crippen LogP contribution in [0.15, 0.2) is 66.7 Å². The number of hydrogen-bond acceptors (Lipinski definition) is 7. The number of halogens is 2. The Morgan fingerprint density at radius 3 is 2.46 bits per heavy atom. The molecule has 1 saturated heterocycles. The maximum atomic E-state index is 14.9. The minimum Gasteiger partial charge on any atom is -0.497 e. The molecule has 0 unspecified atom stereocenters. The summed E-state index contributed by atoms with van der Waals surface area (Å²) in [6.45, 7) is 1.99. The Morgan fingerprint density at radius 2 is 1.76 bits per heavy atom. The number of carbonyl (C=O) groups excluding carboxylic acids is 2. The lowest BCUT2D eigenvalue weighted by molar-refractivity contribution is -0.0376. The van der Waals surface area contributed by atoms with Gasteiger partial charge < -0.3 is 29.3 Å². The molecule has 2 amide bonds. The first kappa shape index (κ1) is 29.7. The van der Waals surface area contributed by atoms with Gasteiger partial charge in [-0.15, -0.1) is 0 Å². The second-order valence-corrected chi connectivity index (χ2v) is 11.8. The van der Waals surface area contributed by atoms with Crippen molar-refractivity contribution in [3.8, 4) is 22.8 Å². The van der Waals surface area contributed by atoms with Crippen molar-refractivity contribution in [1.29, 1.82) is 0 Å². The average Bonchev–Trinajstić information content (AvgIpc) is 3.73. The number of aromatic nitrogens is 1. The molecule has 2 aliphatic heterocycles. The molecule has 0 atom stereocenters.